The lowest BCUT2D eigenvalue weighted by atomic mass is 9.94. The number of rotatable bonds is 19. The van der Waals surface area contributed by atoms with Crippen molar-refractivity contribution in [2.24, 2.45) is 5.92 Å². The van der Waals surface area contributed by atoms with Gasteiger partial charge in [-0.2, -0.15) is 0 Å². The van der Waals surface area contributed by atoms with Gasteiger partial charge in [0, 0.05) is 12.6 Å². The molecule has 1 amide bonds. The highest BCUT2D eigenvalue weighted by atomic mass is 16.6. The first-order valence-electron chi connectivity index (χ1n) is 11.7. The van der Waals surface area contributed by atoms with Crippen molar-refractivity contribution in [2.45, 2.75) is 46.1 Å². The molecular formula is C23H40N2O10. The van der Waals surface area contributed by atoms with E-state index in [2.05, 4.69) is 10.5 Å². The van der Waals surface area contributed by atoms with Crippen LogP contribution in [-0.4, -0.2) is 93.9 Å². The van der Waals surface area contributed by atoms with Gasteiger partial charge < -0.3 is 43.4 Å². The highest BCUT2D eigenvalue weighted by Gasteiger charge is 2.28. The third-order valence-corrected chi connectivity index (χ3v) is 4.25. The summed E-state index contributed by atoms with van der Waals surface area (Å²) < 4.78 is 37.2. The minimum absolute atomic E-state index is 0.129. The minimum atomic E-state index is -0.963. The fourth-order valence-electron chi connectivity index (χ4n) is 2.73. The van der Waals surface area contributed by atoms with Gasteiger partial charge in [0.1, 0.15) is 18.1 Å². The molecule has 0 aliphatic carbocycles. The third kappa shape index (κ3) is 15.2. The van der Waals surface area contributed by atoms with Crippen LogP contribution in [0.25, 0.3) is 0 Å². The molecule has 0 bridgehead atoms. The van der Waals surface area contributed by atoms with Crippen LogP contribution in [0.1, 0.15) is 46.3 Å². The molecule has 1 aromatic heterocycles. The van der Waals surface area contributed by atoms with Gasteiger partial charge in [0.05, 0.1) is 52.9 Å². The smallest absolute Gasteiger partial charge is 0.407 e. The first-order chi connectivity index (χ1) is 16.6. The van der Waals surface area contributed by atoms with Crippen LogP contribution in [0, 0.1) is 5.92 Å². The molecule has 35 heavy (non-hydrogen) atoms. The molecule has 0 saturated heterocycles. The maximum atomic E-state index is 11.4. The summed E-state index contributed by atoms with van der Waals surface area (Å²) >= 11 is 0. The Morgan fingerprint density at radius 1 is 0.943 bits per heavy atom. The van der Waals surface area contributed by atoms with E-state index >= 15 is 0 Å². The van der Waals surface area contributed by atoms with E-state index in [0.717, 1.165) is 0 Å². The number of nitrogens with one attached hydrogen (secondary N) is 1. The standard InChI is InChI=1S/C23H40N2O10/c1-17(2)20(21(26)27)18-16-19(25-35-18)33-15-14-32-13-12-31-11-10-30-9-8-29-7-6-24-22(28)34-23(3,4)5/h16-17,20H,6-15H2,1-5H3,(H,24,28)(H,26,27). The third-order valence-electron chi connectivity index (χ3n) is 4.25. The van der Waals surface area contributed by atoms with Crippen molar-refractivity contribution in [3.05, 3.63) is 11.8 Å². The van der Waals surface area contributed by atoms with Crippen molar-refractivity contribution >= 4 is 12.1 Å². The molecule has 0 saturated carbocycles. The van der Waals surface area contributed by atoms with E-state index < -0.39 is 23.6 Å². The number of nitrogens with zero attached hydrogens (tertiary/aromatic N) is 1. The lowest BCUT2D eigenvalue weighted by Crippen LogP contribution is -2.34. The molecule has 1 atom stereocenters. The Morgan fingerprint density at radius 3 is 1.94 bits per heavy atom. The molecule has 1 heterocycles. The van der Waals surface area contributed by atoms with E-state index in [-0.39, 0.29) is 24.2 Å². The number of alkyl carbamates (subject to hydrolysis) is 1. The second kappa shape index (κ2) is 17.1. The van der Waals surface area contributed by atoms with Gasteiger partial charge in [-0.25, -0.2) is 4.79 Å². The van der Waals surface area contributed by atoms with Crippen LogP contribution in [0.15, 0.2) is 10.6 Å². The molecular weight excluding hydrogens is 464 g/mol. The van der Waals surface area contributed by atoms with Gasteiger partial charge in [-0.3, -0.25) is 4.79 Å². The molecule has 1 unspecified atom stereocenters. The Labute approximate surface area is 206 Å². The van der Waals surface area contributed by atoms with Gasteiger partial charge in [-0.05, 0) is 31.8 Å². The highest BCUT2D eigenvalue weighted by Crippen LogP contribution is 2.27. The fraction of sp³-hybridized carbons (Fsp3) is 0.783. The summed E-state index contributed by atoms with van der Waals surface area (Å²) in [6.45, 7) is 12.9. The SMILES string of the molecule is CC(C)C(C(=O)O)c1cc(OCCOCCOCCOCCOCCNC(=O)OC(C)(C)C)no1. The maximum Gasteiger partial charge on any atom is 0.407 e. The molecule has 0 aromatic carbocycles. The van der Waals surface area contributed by atoms with E-state index in [4.69, 9.17) is 32.9 Å². The zero-order chi connectivity index (χ0) is 26.1. The Hall–Kier alpha value is -2.41. The molecule has 0 fully saturated rings. The number of hydrogen-bond acceptors (Lipinski definition) is 10. The summed E-state index contributed by atoms with van der Waals surface area (Å²) in [6, 6.07) is 1.49. The molecule has 0 aliphatic rings. The van der Waals surface area contributed by atoms with Gasteiger partial charge in [0.25, 0.3) is 5.88 Å². The summed E-state index contributed by atoms with van der Waals surface area (Å²) in [5.74, 6) is -1.37. The Balaban J connectivity index is 1.89. The quantitative estimate of drug-likeness (QED) is 0.268. The lowest BCUT2D eigenvalue weighted by Gasteiger charge is -2.19. The topological polar surface area (TPSA) is 148 Å². The van der Waals surface area contributed by atoms with E-state index in [1.807, 2.05) is 0 Å². The van der Waals surface area contributed by atoms with E-state index in [0.29, 0.717) is 59.4 Å². The van der Waals surface area contributed by atoms with Gasteiger partial charge in [-0.15, -0.1) is 0 Å². The first-order valence-corrected chi connectivity index (χ1v) is 11.7. The molecule has 0 spiro atoms. The molecule has 12 nitrogen and oxygen atoms in total. The Bertz CT molecular complexity index is 717. The predicted octanol–water partition coefficient (Wildman–Crippen LogP) is 2.47. The van der Waals surface area contributed by atoms with Crippen molar-refractivity contribution in [1.82, 2.24) is 10.5 Å². The summed E-state index contributed by atoms with van der Waals surface area (Å²) in [7, 11) is 0. The van der Waals surface area contributed by atoms with Gasteiger partial charge in [0.15, 0.2) is 5.76 Å². The van der Waals surface area contributed by atoms with Crippen LogP contribution in [-0.2, 0) is 28.5 Å². The van der Waals surface area contributed by atoms with Crippen LogP contribution in [0.2, 0.25) is 0 Å². The monoisotopic (exact) mass is 504 g/mol. The number of aliphatic carboxylic acids is 1. The lowest BCUT2D eigenvalue weighted by molar-refractivity contribution is -0.140. The molecule has 202 valence electrons. The first kappa shape index (κ1) is 30.6. The second-order valence-electron chi connectivity index (χ2n) is 8.85. The summed E-state index contributed by atoms with van der Waals surface area (Å²) in [5.41, 5.74) is -0.520. The molecule has 12 heteroatoms. The Morgan fingerprint density at radius 2 is 1.46 bits per heavy atom. The largest absolute Gasteiger partial charge is 0.481 e. The van der Waals surface area contributed by atoms with E-state index in [1.165, 1.54) is 6.07 Å². The average molecular weight is 505 g/mol. The number of hydrogen-bond donors (Lipinski definition) is 2. The van der Waals surface area contributed by atoms with Crippen LogP contribution in [0.5, 0.6) is 5.88 Å². The normalized spacial score (nSPS) is 12.5. The average Bonchev–Trinajstić information content (AvgIpc) is 3.19. The molecule has 1 rings (SSSR count). The van der Waals surface area contributed by atoms with E-state index in [1.54, 1.807) is 34.6 Å². The van der Waals surface area contributed by atoms with Gasteiger partial charge >= 0.3 is 12.1 Å². The van der Waals surface area contributed by atoms with Crippen LogP contribution >= 0.6 is 0 Å². The maximum absolute atomic E-state index is 11.4. The minimum Gasteiger partial charge on any atom is -0.481 e. The summed E-state index contributed by atoms with van der Waals surface area (Å²) in [6.07, 6.45) is -0.465. The zero-order valence-electron chi connectivity index (χ0n) is 21.4. The Kier molecular flexibility index (Phi) is 15.0. The molecule has 0 radical (unpaired) electrons. The zero-order valence-corrected chi connectivity index (χ0v) is 21.4. The molecule has 0 aliphatic heterocycles. The molecule has 2 N–H and O–H groups in total. The number of carboxylic acid groups (broad SMARTS) is 1. The summed E-state index contributed by atoms with van der Waals surface area (Å²) in [4.78, 5) is 22.8. The van der Waals surface area contributed by atoms with Crippen LogP contribution in [0.3, 0.4) is 0 Å². The van der Waals surface area contributed by atoms with Crippen molar-refractivity contribution < 1.29 is 47.6 Å². The number of carboxylic acids is 1. The van der Waals surface area contributed by atoms with Crippen molar-refractivity contribution in [2.75, 3.05) is 66.0 Å². The van der Waals surface area contributed by atoms with Crippen LogP contribution < -0.4 is 10.1 Å². The van der Waals surface area contributed by atoms with Gasteiger partial charge in [0.2, 0.25) is 0 Å². The van der Waals surface area contributed by atoms with Gasteiger partial charge in [-0.1, -0.05) is 13.8 Å². The van der Waals surface area contributed by atoms with E-state index in [9.17, 15) is 14.7 Å². The number of carbonyl (C=O) groups is 2. The second-order valence-corrected chi connectivity index (χ2v) is 8.85. The number of ether oxygens (including phenoxy) is 6. The predicted molar refractivity (Wildman–Crippen MR) is 125 cm³/mol. The summed E-state index contributed by atoms with van der Waals surface area (Å²) in [5, 5.41) is 15.6. The number of amides is 1. The number of carbonyl (C=O) groups excluding carboxylic acids is 1. The van der Waals surface area contributed by atoms with Crippen molar-refractivity contribution in [1.29, 1.82) is 0 Å². The molecule has 1 aromatic rings. The van der Waals surface area contributed by atoms with Crippen LogP contribution in [0.4, 0.5) is 4.79 Å². The fourth-order valence-corrected chi connectivity index (χ4v) is 2.73. The van der Waals surface area contributed by atoms with Crippen molar-refractivity contribution in [3.63, 3.8) is 0 Å². The highest BCUT2D eigenvalue weighted by molar-refractivity contribution is 5.75. The van der Waals surface area contributed by atoms with Crippen molar-refractivity contribution in [3.8, 4) is 5.88 Å². The number of aromatic nitrogens is 1.